The fraction of sp³-hybridized carbons (Fsp3) is 0.455. The molecule has 104 valence electrons. The molecule has 1 aromatic rings. The van der Waals surface area contributed by atoms with Gasteiger partial charge in [0.2, 0.25) is 0 Å². The number of ether oxygens (including phenoxy) is 1. The molecule has 0 aliphatic carbocycles. The highest BCUT2D eigenvalue weighted by atomic mass is 16.5. The Morgan fingerprint density at radius 2 is 2.05 bits per heavy atom. The molecule has 0 radical (unpaired) electrons. The lowest BCUT2D eigenvalue weighted by molar-refractivity contribution is 0.0593. The van der Waals surface area contributed by atoms with Gasteiger partial charge in [-0.2, -0.15) is 0 Å². The molecular formula is C11H17N5O3. The number of carbonyl (C=O) groups excluding carboxylic acids is 2. The SMILES string of the molecule is COC(=O)c1cncc(NCCNC(=O)N(C)C)n1. The lowest BCUT2D eigenvalue weighted by Crippen LogP contribution is -2.37. The molecule has 0 atom stereocenters. The average molecular weight is 267 g/mol. The monoisotopic (exact) mass is 267 g/mol. The quantitative estimate of drug-likeness (QED) is 0.573. The number of carbonyl (C=O) groups is 2. The Bertz CT molecular complexity index is 450. The molecule has 0 spiro atoms. The van der Waals surface area contributed by atoms with Crippen LogP contribution in [0.15, 0.2) is 12.4 Å². The van der Waals surface area contributed by atoms with E-state index in [1.54, 1.807) is 14.1 Å². The van der Waals surface area contributed by atoms with Crippen molar-refractivity contribution in [3.05, 3.63) is 18.1 Å². The number of aromatic nitrogens is 2. The molecule has 2 amide bonds. The van der Waals surface area contributed by atoms with Crippen molar-refractivity contribution in [1.82, 2.24) is 20.2 Å². The minimum absolute atomic E-state index is 0.129. The van der Waals surface area contributed by atoms with Gasteiger partial charge in [0.1, 0.15) is 5.82 Å². The van der Waals surface area contributed by atoms with Crippen molar-refractivity contribution in [2.24, 2.45) is 0 Å². The smallest absolute Gasteiger partial charge is 0.358 e. The lowest BCUT2D eigenvalue weighted by Gasteiger charge is -2.12. The van der Waals surface area contributed by atoms with E-state index in [0.29, 0.717) is 18.9 Å². The Labute approximate surface area is 111 Å². The van der Waals surface area contributed by atoms with Gasteiger partial charge < -0.3 is 20.3 Å². The zero-order valence-electron chi connectivity index (χ0n) is 11.1. The molecule has 19 heavy (non-hydrogen) atoms. The number of nitrogens with zero attached hydrogens (tertiary/aromatic N) is 3. The topological polar surface area (TPSA) is 96.4 Å². The predicted molar refractivity (Wildman–Crippen MR) is 68.9 cm³/mol. The van der Waals surface area contributed by atoms with Gasteiger partial charge in [0.05, 0.1) is 19.5 Å². The summed E-state index contributed by atoms with van der Waals surface area (Å²) in [6, 6.07) is -0.170. The van der Waals surface area contributed by atoms with Crippen molar-refractivity contribution in [3.8, 4) is 0 Å². The fourth-order valence-electron chi connectivity index (χ4n) is 1.17. The second kappa shape index (κ2) is 7.14. The summed E-state index contributed by atoms with van der Waals surface area (Å²) in [6.07, 6.45) is 2.81. The van der Waals surface area contributed by atoms with E-state index >= 15 is 0 Å². The Morgan fingerprint density at radius 3 is 2.68 bits per heavy atom. The largest absolute Gasteiger partial charge is 0.464 e. The van der Waals surface area contributed by atoms with Gasteiger partial charge in [-0.25, -0.2) is 14.6 Å². The van der Waals surface area contributed by atoms with Gasteiger partial charge in [-0.1, -0.05) is 0 Å². The second-order valence-electron chi connectivity index (χ2n) is 3.83. The first-order valence-electron chi connectivity index (χ1n) is 5.64. The van der Waals surface area contributed by atoms with Gasteiger partial charge in [0, 0.05) is 27.2 Å². The van der Waals surface area contributed by atoms with Gasteiger partial charge in [-0.15, -0.1) is 0 Å². The summed E-state index contributed by atoms with van der Waals surface area (Å²) in [7, 11) is 4.60. The standard InChI is InChI=1S/C11H17N5O3/c1-16(2)11(18)14-5-4-13-9-7-12-6-8(15-9)10(17)19-3/h6-7H,4-5H2,1-3H3,(H,13,15)(H,14,18). The van der Waals surface area contributed by atoms with Crippen molar-refractivity contribution >= 4 is 17.8 Å². The van der Waals surface area contributed by atoms with Crippen LogP contribution in [0.1, 0.15) is 10.5 Å². The molecule has 0 fully saturated rings. The lowest BCUT2D eigenvalue weighted by atomic mass is 10.4. The number of methoxy groups -OCH3 is 1. The van der Waals surface area contributed by atoms with Crippen LogP contribution in [0.2, 0.25) is 0 Å². The Balaban J connectivity index is 2.41. The molecule has 0 saturated carbocycles. The van der Waals surface area contributed by atoms with E-state index in [9.17, 15) is 9.59 Å². The Morgan fingerprint density at radius 1 is 1.32 bits per heavy atom. The molecule has 0 aliphatic rings. The molecule has 2 N–H and O–H groups in total. The van der Waals surface area contributed by atoms with Crippen LogP contribution >= 0.6 is 0 Å². The highest BCUT2D eigenvalue weighted by Crippen LogP contribution is 2.02. The molecule has 1 rings (SSSR count). The molecular weight excluding hydrogens is 250 g/mol. The maximum Gasteiger partial charge on any atom is 0.358 e. The van der Waals surface area contributed by atoms with E-state index in [1.165, 1.54) is 24.4 Å². The number of anilines is 1. The number of nitrogens with one attached hydrogen (secondary N) is 2. The zero-order valence-corrected chi connectivity index (χ0v) is 11.1. The van der Waals surface area contributed by atoms with E-state index < -0.39 is 5.97 Å². The van der Waals surface area contributed by atoms with Gasteiger partial charge in [-0.3, -0.25) is 4.98 Å². The Kier molecular flexibility index (Phi) is 5.52. The van der Waals surface area contributed by atoms with Crippen LogP contribution in [0.5, 0.6) is 0 Å². The summed E-state index contributed by atoms with van der Waals surface area (Å²) in [6.45, 7) is 0.903. The first-order valence-corrected chi connectivity index (χ1v) is 5.64. The summed E-state index contributed by atoms with van der Waals surface area (Å²) >= 11 is 0. The molecule has 1 aromatic heterocycles. The molecule has 8 heteroatoms. The van der Waals surface area contributed by atoms with Gasteiger partial charge >= 0.3 is 12.0 Å². The minimum Gasteiger partial charge on any atom is -0.464 e. The third kappa shape index (κ3) is 4.78. The van der Waals surface area contributed by atoms with E-state index in [2.05, 4.69) is 25.3 Å². The Hall–Kier alpha value is -2.38. The highest BCUT2D eigenvalue weighted by molar-refractivity contribution is 5.87. The molecule has 0 saturated heterocycles. The molecule has 0 aromatic carbocycles. The van der Waals surface area contributed by atoms with Crippen LogP contribution in [0.3, 0.4) is 0 Å². The maximum atomic E-state index is 11.2. The third-order valence-corrected chi connectivity index (χ3v) is 2.14. The number of esters is 1. The summed E-state index contributed by atoms with van der Waals surface area (Å²) in [4.78, 5) is 31.8. The van der Waals surface area contributed by atoms with Crippen LogP contribution in [0.25, 0.3) is 0 Å². The molecule has 0 aliphatic heterocycles. The number of rotatable bonds is 5. The first-order chi connectivity index (χ1) is 9.04. The van der Waals surface area contributed by atoms with Crippen LogP contribution in [-0.2, 0) is 4.74 Å². The van der Waals surface area contributed by atoms with Gasteiger partial charge in [-0.05, 0) is 0 Å². The number of urea groups is 1. The maximum absolute atomic E-state index is 11.2. The first kappa shape index (κ1) is 14.7. The second-order valence-corrected chi connectivity index (χ2v) is 3.83. The molecule has 0 unspecified atom stereocenters. The predicted octanol–water partition coefficient (Wildman–Crippen LogP) is -0.0537. The molecule has 8 nitrogen and oxygen atoms in total. The van der Waals surface area contributed by atoms with Crippen LogP contribution in [-0.4, -0.2) is 61.2 Å². The van der Waals surface area contributed by atoms with Crippen molar-refractivity contribution in [2.45, 2.75) is 0 Å². The van der Waals surface area contributed by atoms with Crippen LogP contribution < -0.4 is 10.6 Å². The fourth-order valence-corrected chi connectivity index (χ4v) is 1.17. The third-order valence-electron chi connectivity index (χ3n) is 2.14. The summed E-state index contributed by atoms with van der Waals surface area (Å²) in [5, 5.41) is 5.63. The zero-order chi connectivity index (χ0) is 14.3. The van der Waals surface area contributed by atoms with Gasteiger partial charge in [0.15, 0.2) is 5.69 Å². The number of amides is 2. The normalized spacial score (nSPS) is 9.63. The van der Waals surface area contributed by atoms with E-state index in [0.717, 1.165) is 0 Å². The summed E-state index contributed by atoms with van der Waals surface area (Å²) in [5.74, 6) is -0.0981. The minimum atomic E-state index is -0.544. The van der Waals surface area contributed by atoms with E-state index in [1.807, 2.05) is 0 Å². The number of hydrogen-bond acceptors (Lipinski definition) is 6. The van der Waals surface area contributed by atoms with Gasteiger partial charge in [0.25, 0.3) is 0 Å². The highest BCUT2D eigenvalue weighted by Gasteiger charge is 2.08. The van der Waals surface area contributed by atoms with Crippen molar-refractivity contribution in [3.63, 3.8) is 0 Å². The van der Waals surface area contributed by atoms with Crippen molar-refractivity contribution in [2.75, 3.05) is 39.6 Å². The van der Waals surface area contributed by atoms with E-state index in [4.69, 9.17) is 0 Å². The van der Waals surface area contributed by atoms with E-state index in [-0.39, 0.29) is 11.7 Å². The number of hydrogen-bond donors (Lipinski definition) is 2. The average Bonchev–Trinajstić information content (AvgIpc) is 2.42. The summed E-state index contributed by atoms with van der Waals surface area (Å²) < 4.78 is 4.54. The van der Waals surface area contributed by atoms with Crippen LogP contribution in [0.4, 0.5) is 10.6 Å². The van der Waals surface area contributed by atoms with Crippen molar-refractivity contribution < 1.29 is 14.3 Å². The summed E-state index contributed by atoms with van der Waals surface area (Å²) in [5.41, 5.74) is 0.129. The molecule has 0 bridgehead atoms. The van der Waals surface area contributed by atoms with Crippen molar-refractivity contribution in [1.29, 1.82) is 0 Å². The van der Waals surface area contributed by atoms with Crippen LogP contribution in [0, 0.1) is 0 Å². The molecule has 1 heterocycles.